The molecule has 0 atom stereocenters. The van der Waals surface area contributed by atoms with Crippen molar-refractivity contribution in [2.45, 2.75) is 11.4 Å². The molecule has 20 heavy (non-hydrogen) atoms. The van der Waals surface area contributed by atoms with E-state index < -0.39 is 10.0 Å². The van der Waals surface area contributed by atoms with E-state index in [9.17, 15) is 8.42 Å². The molecule has 0 aliphatic rings. The molecule has 0 saturated carbocycles. The lowest BCUT2D eigenvalue weighted by atomic mass is 10.2. The van der Waals surface area contributed by atoms with Gasteiger partial charge in [0.1, 0.15) is 0 Å². The van der Waals surface area contributed by atoms with E-state index in [0.29, 0.717) is 12.2 Å². The van der Waals surface area contributed by atoms with Crippen LogP contribution in [0.2, 0.25) is 0 Å². The first-order chi connectivity index (χ1) is 9.51. The van der Waals surface area contributed by atoms with E-state index in [1.165, 1.54) is 0 Å². The molecule has 2 rings (SSSR count). The minimum Gasteiger partial charge on any atom is -0.316 e. The standard InChI is InChI=1S/C14H15IN2O2S/c1-16-10-11-3-2-4-14(9-11)20(18,19)17-13-7-5-12(15)6-8-13/h2-9,16-17H,10H2,1H3. The van der Waals surface area contributed by atoms with Gasteiger partial charge in [0.2, 0.25) is 0 Å². The van der Waals surface area contributed by atoms with Gasteiger partial charge in [-0.1, -0.05) is 12.1 Å². The molecule has 0 aliphatic heterocycles. The highest BCUT2D eigenvalue weighted by molar-refractivity contribution is 14.1. The fourth-order valence-electron chi connectivity index (χ4n) is 1.76. The van der Waals surface area contributed by atoms with Crippen molar-refractivity contribution < 1.29 is 8.42 Å². The number of halogens is 1. The van der Waals surface area contributed by atoms with Crippen molar-refractivity contribution in [3.8, 4) is 0 Å². The Kier molecular flexibility index (Phi) is 5.00. The number of sulfonamides is 1. The number of rotatable bonds is 5. The molecule has 4 nitrogen and oxygen atoms in total. The van der Waals surface area contributed by atoms with Crippen molar-refractivity contribution >= 4 is 38.3 Å². The van der Waals surface area contributed by atoms with Crippen LogP contribution in [0.25, 0.3) is 0 Å². The molecule has 2 N–H and O–H groups in total. The van der Waals surface area contributed by atoms with E-state index in [2.05, 4.69) is 32.6 Å². The molecular weight excluding hydrogens is 387 g/mol. The second-order valence-corrected chi connectivity index (χ2v) is 7.22. The largest absolute Gasteiger partial charge is 0.316 e. The average Bonchev–Trinajstić information content (AvgIpc) is 2.42. The minimum atomic E-state index is -3.55. The van der Waals surface area contributed by atoms with Crippen molar-refractivity contribution in [1.29, 1.82) is 0 Å². The zero-order chi connectivity index (χ0) is 14.6. The second kappa shape index (κ2) is 6.55. The summed E-state index contributed by atoms with van der Waals surface area (Å²) < 4.78 is 28.3. The van der Waals surface area contributed by atoms with Gasteiger partial charge in [0.15, 0.2) is 0 Å². The van der Waals surface area contributed by atoms with Crippen LogP contribution < -0.4 is 10.0 Å². The Hall–Kier alpha value is -1.12. The van der Waals surface area contributed by atoms with Gasteiger partial charge in [-0.25, -0.2) is 8.42 Å². The van der Waals surface area contributed by atoms with E-state index in [1.807, 2.05) is 25.2 Å². The Morgan fingerprint density at radius 1 is 1.10 bits per heavy atom. The lowest BCUT2D eigenvalue weighted by Crippen LogP contribution is -2.14. The SMILES string of the molecule is CNCc1cccc(S(=O)(=O)Nc2ccc(I)cc2)c1. The summed E-state index contributed by atoms with van der Waals surface area (Å²) in [5.74, 6) is 0. The summed E-state index contributed by atoms with van der Waals surface area (Å²) in [7, 11) is -1.72. The Morgan fingerprint density at radius 3 is 2.45 bits per heavy atom. The zero-order valence-electron chi connectivity index (χ0n) is 10.9. The molecule has 0 radical (unpaired) electrons. The smallest absolute Gasteiger partial charge is 0.261 e. The first kappa shape index (κ1) is 15.3. The number of benzene rings is 2. The summed E-state index contributed by atoms with van der Waals surface area (Å²) in [6.07, 6.45) is 0. The number of nitrogens with one attached hydrogen (secondary N) is 2. The second-order valence-electron chi connectivity index (χ2n) is 4.29. The summed E-state index contributed by atoms with van der Waals surface area (Å²) in [5.41, 5.74) is 1.49. The molecule has 0 spiro atoms. The highest BCUT2D eigenvalue weighted by Gasteiger charge is 2.14. The highest BCUT2D eigenvalue weighted by atomic mass is 127. The van der Waals surface area contributed by atoms with Gasteiger partial charge in [-0.05, 0) is 71.6 Å². The maximum absolute atomic E-state index is 12.3. The number of anilines is 1. The number of hydrogen-bond acceptors (Lipinski definition) is 3. The normalized spacial score (nSPS) is 11.3. The van der Waals surface area contributed by atoms with Gasteiger partial charge in [-0.15, -0.1) is 0 Å². The van der Waals surface area contributed by atoms with E-state index in [4.69, 9.17) is 0 Å². The lowest BCUT2D eigenvalue weighted by Gasteiger charge is -2.09. The predicted molar refractivity (Wildman–Crippen MR) is 89.2 cm³/mol. The third kappa shape index (κ3) is 3.94. The van der Waals surface area contributed by atoms with Crippen molar-refractivity contribution in [2.75, 3.05) is 11.8 Å². The van der Waals surface area contributed by atoms with Crippen LogP contribution in [-0.2, 0) is 16.6 Å². The topological polar surface area (TPSA) is 58.2 Å². The molecule has 0 bridgehead atoms. The van der Waals surface area contributed by atoms with Crippen LogP contribution in [0.5, 0.6) is 0 Å². The molecular formula is C14H15IN2O2S. The van der Waals surface area contributed by atoms with E-state index in [1.54, 1.807) is 30.3 Å². The first-order valence-corrected chi connectivity index (χ1v) is 8.59. The van der Waals surface area contributed by atoms with Crippen molar-refractivity contribution in [3.63, 3.8) is 0 Å². The van der Waals surface area contributed by atoms with Gasteiger partial charge in [0, 0.05) is 15.8 Å². The van der Waals surface area contributed by atoms with E-state index in [0.717, 1.165) is 9.13 Å². The molecule has 0 aromatic heterocycles. The summed E-state index contributed by atoms with van der Waals surface area (Å²) in [4.78, 5) is 0.267. The molecule has 0 amide bonds. The van der Waals surface area contributed by atoms with Gasteiger partial charge >= 0.3 is 0 Å². The predicted octanol–water partition coefficient (Wildman–Crippen LogP) is 2.81. The van der Waals surface area contributed by atoms with Gasteiger partial charge in [-0.2, -0.15) is 0 Å². The van der Waals surface area contributed by atoms with Crippen LogP contribution in [-0.4, -0.2) is 15.5 Å². The molecule has 106 valence electrons. The third-order valence-electron chi connectivity index (χ3n) is 2.69. The van der Waals surface area contributed by atoms with Crippen molar-refractivity contribution in [3.05, 3.63) is 57.7 Å². The Labute approximate surface area is 132 Å². The maximum Gasteiger partial charge on any atom is 0.261 e. The molecule has 0 heterocycles. The summed E-state index contributed by atoms with van der Waals surface area (Å²) in [6, 6.07) is 14.1. The maximum atomic E-state index is 12.3. The van der Waals surface area contributed by atoms with Gasteiger partial charge < -0.3 is 5.32 Å². The minimum absolute atomic E-state index is 0.267. The van der Waals surface area contributed by atoms with Crippen LogP contribution in [0.4, 0.5) is 5.69 Å². The number of hydrogen-bond donors (Lipinski definition) is 2. The van der Waals surface area contributed by atoms with Crippen LogP contribution in [0.3, 0.4) is 0 Å². The summed E-state index contributed by atoms with van der Waals surface area (Å²) in [6.45, 7) is 0.632. The Balaban J connectivity index is 2.25. The van der Waals surface area contributed by atoms with Crippen LogP contribution >= 0.6 is 22.6 Å². The molecule has 0 aliphatic carbocycles. The molecule has 0 fully saturated rings. The average molecular weight is 402 g/mol. The van der Waals surface area contributed by atoms with Crippen LogP contribution in [0.1, 0.15) is 5.56 Å². The summed E-state index contributed by atoms with van der Waals surface area (Å²) in [5, 5.41) is 3.00. The van der Waals surface area contributed by atoms with Gasteiger partial charge in [0.05, 0.1) is 4.90 Å². The van der Waals surface area contributed by atoms with Crippen LogP contribution in [0.15, 0.2) is 53.4 Å². The molecule has 2 aromatic carbocycles. The monoisotopic (exact) mass is 402 g/mol. The molecule has 0 saturated heterocycles. The summed E-state index contributed by atoms with van der Waals surface area (Å²) >= 11 is 2.17. The quantitative estimate of drug-likeness (QED) is 0.757. The van der Waals surface area contributed by atoms with E-state index in [-0.39, 0.29) is 4.90 Å². The fraction of sp³-hybridized carbons (Fsp3) is 0.143. The van der Waals surface area contributed by atoms with Crippen molar-refractivity contribution in [2.24, 2.45) is 0 Å². The fourth-order valence-corrected chi connectivity index (χ4v) is 3.25. The Morgan fingerprint density at radius 2 is 1.80 bits per heavy atom. The highest BCUT2D eigenvalue weighted by Crippen LogP contribution is 2.18. The van der Waals surface area contributed by atoms with Gasteiger partial charge in [-0.3, -0.25) is 4.72 Å². The van der Waals surface area contributed by atoms with E-state index >= 15 is 0 Å². The zero-order valence-corrected chi connectivity index (χ0v) is 13.9. The molecule has 2 aromatic rings. The Bertz CT molecular complexity index is 685. The van der Waals surface area contributed by atoms with Gasteiger partial charge in [0.25, 0.3) is 10.0 Å². The lowest BCUT2D eigenvalue weighted by molar-refractivity contribution is 0.601. The third-order valence-corrected chi connectivity index (χ3v) is 4.78. The van der Waals surface area contributed by atoms with Crippen LogP contribution in [0, 0.1) is 3.57 Å². The first-order valence-electron chi connectivity index (χ1n) is 6.03. The molecule has 6 heteroatoms. The van der Waals surface area contributed by atoms with Crippen molar-refractivity contribution in [1.82, 2.24) is 5.32 Å². The molecule has 0 unspecified atom stereocenters.